The lowest BCUT2D eigenvalue weighted by Gasteiger charge is -2.41. The molecule has 8 atom stereocenters. The Kier molecular flexibility index (Phi) is 9.27. The van der Waals surface area contributed by atoms with Crippen LogP contribution >= 0.6 is 0 Å². The SMILES string of the molecule is C=CCOC(=O)[C@@H]1[C@H]2C(=O)N([C@@H](CO)[C@@H](C)CC)C(C(=O)N(CC=C)CCCCC)C23CC(C)[C@@]1(C)O3. The number of carbonyl (C=O) groups is 3. The van der Waals surface area contributed by atoms with Gasteiger partial charge in [-0.2, -0.15) is 0 Å². The lowest BCUT2D eigenvalue weighted by atomic mass is 9.62. The van der Waals surface area contributed by atoms with Gasteiger partial charge in [-0.05, 0) is 31.6 Å². The molecule has 3 fully saturated rings. The van der Waals surface area contributed by atoms with Crippen molar-refractivity contribution in [2.24, 2.45) is 23.7 Å². The van der Waals surface area contributed by atoms with E-state index in [2.05, 4.69) is 20.1 Å². The summed E-state index contributed by atoms with van der Waals surface area (Å²) in [7, 11) is 0. The molecule has 0 radical (unpaired) electrons. The van der Waals surface area contributed by atoms with Crippen LogP contribution in [0.4, 0.5) is 0 Å². The van der Waals surface area contributed by atoms with E-state index in [9.17, 15) is 19.5 Å². The average molecular weight is 519 g/mol. The number of nitrogens with zero attached hydrogens (tertiary/aromatic N) is 2. The van der Waals surface area contributed by atoms with Gasteiger partial charge in [0.1, 0.15) is 24.2 Å². The zero-order valence-electron chi connectivity index (χ0n) is 23.3. The third kappa shape index (κ3) is 4.76. The second-order valence-electron chi connectivity index (χ2n) is 11.3. The van der Waals surface area contributed by atoms with Crippen molar-refractivity contribution >= 4 is 17.8 Å². The quantitative estimate of drug-likeness (QED) is 0.215. The molecule has 0 saturated carbocycles. The lowest BCUT2D eigenvalue weighted by Crippen LogP contribution is -2.60. The Morgan fingerprint density at radius 1 is 1.30 bits per heavy atom. The third-order valence-corrected chi connectivity index (χ3v) is 9.12. The molecule has 3 rings (SSSR count). The van der Waals surface area contributed by atoms with E-state index in [1.165, 1.54) is 6.08 Å². The van der Waals surface area contributed by atoms with E-state index in [1.54, 1.807) is 15.9 Å². The maximum Gasteiger partial charge on any atom is 0.313 e. The van der Waals surface area contributed by atoms with Crippen LogP contribution in [0, 0.1) is 23.7 Å². The van der Waals surface area contributed by atoms with Crippen molar-refractivity contribution in [1.82, 2.24) is 9.80 Å². The number of hydrogen-bond donors (Lipinski definition) is 1. The molecular weight excluding hydrogens is 472 g/mol. The molecule has 1 N–H and O–H groups in total. The molecule has 3 aliphatic rings. The number of aliphatic hydroxyl groups excluding tert-OH is 1. The molecule has 8 heteroatoms. The van der Waals surface area contributed by atoms with Gasteiger partial charge in [-0.3, -0.25) is 14.4 Å². The maximum absolute atomic E-state index is 14.4. The van der Waals surface area contributed by atoms with Crippen LogP contribution in [-0.4, -0.2) is 82.3 Å². The summed E-state index contributed by atoms with van der Waals surface area (Å²) < 4.78 is 12.2. The number of carbonyl (C=O) groups excluding carboxylic acids is 3. The predicted molar refractivity (Wildman–Crippen MR) is 141 cm³/mol. The van der Waals surface area contributed by atoms with Crippen molar-refractivity contribution in [3.05, 3.63) is 25.3 Å². The second kappa shape index (κ2) is 11.7. The van der Waals surface area contributed by atoms with Crippen LogP contribution in [-0.2, 0) is 23.9 Å². The number of esters is 1. The Hall–Kier alpha value is -2.19. The van der Waals surface area contributed by atoms with Crippen LogP contribution in [0.1, 0.15) is 66.7 Å². The van der Waals surface area contributed by atoms with Crippen LogP contribution in [0.3, 0.4) is 0 Å². The van der Waals surface area contributed by atoms with E-state index in [0.29, 0.717) is 19.5 Å². The summed E-state index contributed by atoms with van der Waals surface area (Å²) in [5.41, 5.74) is -2.09. The van der Waals surface area contributed by atoms with Crippen LogP contribution in [0.2, 0.25) is 0 Å². The number of fused-ring (bicyclic) bond motifs is 1. The second-order valence-corrected chi connectivity index (χ2v) is 11.3. The summed E-state index contributed by atoms with van der Waals surface area (Å²) in [5.74, 6) is -2.82. The van der Waals surface area contributed by atoms with E-state index in [4.69, 9.17) is 9.47 Å². The first-order chi connectivity index (χ1) is 17.6. The van der Waals surface area contributed by atoms with Gasteiger partial charge >= 0.3 is 5.97 Å². The van der Waals surface area contributed by atoms with Crippen molar-refractivity contribution in [3.8, 4) is 0 Å². The van der Waals surface area contributed by atoms with Crippen LogP contribution in [0.25, 0.3) is 0 Å². The minimum absolute atomic E-state index is 0.0381. The summed E-state index contributed by atoms with van der Waals surface area (Å²) >= 11 is 0. The van der Waals surface area contributed by atoms with Crippen molar-refractivity contribution in [2.45, 2.75) is 90.0 Å². The van der Waals surface area contributed by atoms with Gasteiger partial charge < -0.3 is 24.4 Å². The molecule has 0 aromatic heterocycles. The van der Waals surface area contributed by atoms with Crippen LogP contribution in [0.5, 0.6) is 0 Å². The topological polar surface area (TPSA) is 96.4 Å². The van der Waals surface area contributed by atoms with Crippen LogP contribution in [0.15, 0.2) is 25.3 Å². The fraction of sp³-hybridized carbons (Fsp3) is 0.759. The lowest BCUT2D eigenvalue weighted by molar-refractivity contribution is -0.163. The van der Waals surface area contributed by atoms with Crippen molar-refractivity contribution in [2.75, 3.05) is 26.3 Å². The zero-order chi connectivity index (χ0) is 27.5. The largest absolute Gasteiger partial charge is 0.461 e. The van der Waals surface area contributed by atoms with Gasteiger partial charge in [0.25, 0.3) is 0 Å². The van der Waals surface area contributed by atoms with E-state index in [0.717, 1.165) is 25.7 Å². The Labute approximate surface area is 222 Å². The Morgan fingerprint density at radius 2 is 2.00 bits per heavy atom. The number of amides is 2. The number of hydrogen-bond acceptors (Lipinski definition) is 6. The number of ether oxygens (including phenoxy) is 2. The summed E-state index contributed by atoms with van der Waals surface area (Å²) in [4.78, 5) is 45.4. The molecule has 0 aromatic carbocycles. The normalized spacial score (nSPS) is 33.7. The molecule has 0 aromatic rings. The Morgan fingerprint density at radius 3 is 2.57 bits per heavy atom. The van der Waals surface area contributed by atoms with E-state index in [1.807, 2.05) is 27.7 Å². The summed E-state index contributed by atoms with van der Waals surface area (Å²) in [6, 6.07) is -1.50. The summed E-state index contributed by atoms with van der Waals surface area (Å²) in [6.07, 6.45) is 7.24. The minimum atomic E-state index is -1.16. The van der Waals surface area contributed by atoms with Gasteiger partial charge in [0.15, 0.2) is 0 Å². The van der Waals surface area contributed by atoms with E-state index in [-0.39, 0.29) is 36.9 Å². The van der Waals surface area contributed by atoms with E-state index >= 15 is 0 Å². The van der Waals surface area contributed by atoms with Crippen molar-refractivity contribution in [3.63, 3.8) is 0 Å². The average Bonchev–Trinajstić information content (AvgIpc) is 3.39. The summed E-state index contributed by atoms with van der Waals surface area (Å²) in [6.45, 7) is 18.1. The summed E-state index contributed by atoms with van der Waals surface area (Å²) in [5, 5.41) is 10.5. The van der Waals surface area contributed by atoms with Crippen molar-refractivity contribution < 1.29 is 29.0 Å². The highest BCUT2D eigenvalue weighted by molar-refractivity contribution is 5.98. The van der Waals surface area contributed by atoms with Gasteiger partial charge in [-0.25, -0.2) is 0 Å². The fourth-order valence-corrected chi connectivity index (χ4v) is 6.89. The highest BCUT2D eigenvalue weighted by Gasteiger charge is 2.80. The highest BCUT2D eigenvalue weighted by atomic mass is 16.6. The van der Waals surface area contributed by atoms with Gasteiger partial charge in [0.05, 0.1) is 24.2 Å². The molecule has 3 saturated heterocycles. The molecule has 0 aliphatic carbocycles. The number of aliphatic hydroxyl groups is 1. The molecule has 37 heavy (non-hydrogen) atoms. The maximum atomic E-state index is 14.4. The Bertz CT molecular complexity index is 892. The van der Waals surface area contributed by atoms with Gasteiger partial charge in [0.2, 0.25) is 11.8 Å². The van der Waals surface area contributed by atoms with E-state index < -0.39 is 41.1 Å². The standard InChI is InChI=1S/C29H46N2O6/c1-8-12-13-15-30(14-9-2)26(34)24-29-17-20(6)28(7,37-29)23(27(35)36-16-10-3)22(29)25(33)31(24)21(18-32)19(5)11-4/h9-10,19-24,32H,2-3,8,11-18H2,1,4-7H3/t19-,20?,21-,22-,23-,24?,28+,29?/m0/s1. The molecule has 208 valence electrons. The first kappa shape index (κ1) is 29.4. The molecular formula is C29H46N2O6. The van der Waals surface area contributed by atoms with Crippen molar-refractivity contribution in [1.29, 1.82) is 0 Å². The van der Waals surface area contributed by atoms with Gasteiger partial charge in [0, 0.05) is 13.1 Å². The smallest absolute Gasteiger partial charge is 0.313 e. The molecule has 1 spiro atoms. The Balaban J connectivity index is 2.14. The molecule has 3 aliphatic heterocycles. The fourth-order valence-electron chi connectivity index (χ4n) is 6.89. The zero-order valence-corrected chi connectivity index (χ0v) is 23.3. The first-order valence-electron chi connectivity index (χ1n) is 13.9. The molecule has 3 heterocycles. The number of rotatable bonds is 14. The monoisotopic (exact) mass is 518 g/mol. The first-order valence-corrected chi connectivity index (χ1v) is 13.9. The van der Waals surface area contributed by atoms with Crippen LogP contribution < -0.4 is 0 Å². The number of likely N-dealkylation sites (tertiary alicyclic amines) is 1. The molecule has 2 bridgehead atoms. The number of unbranched alkanes of at least 4 members (excludes halogenated alkanes) is 2. The molecule has 8 nitrogen and oxygen atoms in total. The van der Waals surface area contributed by atoms with Gasteiger partial charge in [-0.1, -0.05) is 65.7 Å². The highest BCUT2D eigenvalue weighted by Crippen LogP contribution is 2.65. The van der Waals surface area contributed by atoms with Gasteiger partial charge in [-0.15, -0.1) is 6.58 Å². The third-order valence-electron chi connectivity index (χ3n) is 9.12. The minimum Gasteiger partial charge on any atom is -0.461 e. The molecule has 3 unspecified atom stereocenters. The predicted octanol–water partition coefficient (Wildman–Crippen LogP) is 3.34. The molecule has 2 amide bonds.